The van der Waals surface area contributed by atoms with Gasteiger partial charge in [0.05, 0.1) is 16.7 Å². The predicted molar refractivity (Wildman–Crippen MR) is 76.1 cm³/mol. The molecule has 0 bridgehead atoms. The Morgan fingerprint density at radius 2 is 1.80 bits per heavy atom. The molecule has 0 spiro atoms. The van der Waals surface area contributed by atoms with Crippen LogP contribution >= 0.6 is 0 Å². The van der Waals surface area contributed by atoms with E-state index in [2.05, 4.69) is 20.3 Å². The number of pyridine rings is 1. The van der Waals surface area contributed by atoms with Crippen molar-refractivity contribution in [1.29, 1.82) is 0 Å². The van der Waals surface area contributed by atoms with Gasteiger partial charge in [0.25, 0.3) is 5.91 Å². The van der Waals surface area contributed by atoms with Gasteiger partial charge in [-0.25, -0.2) is 4.98 Å². The van der Waals surface area contributed by atoms with E-state index in [9.17, 15) is 4.79 Å². The molecule has 0 saturated carbocycles. The summed E-state index contributed by atoms with van der Waals surface area (Å²) in [5.74, 6) is -0.355. The molecule has 0 aliphatic heterocycles. The van der Waals surface area contributed by atoms with Gasteiger partial charge < -0.3 is 11.1 Å². The quantitative estimate of drug-likeness (QED) is 0.737. The molecule has 20 heavy (non-hydrogen) atoms. The van der Waals surface area contributed by atoms with Crippen LogP contribution in [0.15, 0.2) is 48.9 Å². The Hall–Kier alpha value is -3.02. The number of anilines is 2. The molecule has 2 aromatic heterocycles. The fraction of sp³-hybridized carbons (Fsp3) is 0. The minimum absolute atomic E-state index is 0.201. The van der Waals surface area contributed by atoms with Crippen molar-refractivity contribution in [2.24, 2.45) is 0 Å². The largest absolute Gasteiger partial charge is 0.397 e. The average molecular weight is 265 g/mol. The molecule has 0 unspecified atom stereocenters. The molecule has 0 aliphatic carbocycles. The first-order chi connectivity index (χ1) is 9.74. The summed E-state index contributed by atoms with van der Waals surface area (Å²) in [6.45, 7) is 0. The Labute approximate surface area is 114 Å². The molecule has 0 atom stereocenters. The van der Waals surface area contributed by atoms with Gasteiger partial charge in [-0.3, -0.25) is 14.8 Å². The van der Waals surface area contributed by atoms with Crippen molar-refractivity contribution in [2.75, 3.05) is 11.1 Å². The van der Waals surface area contributed by atoms with Gasteiger partial charge >= 0.3 is 0 Å². The zero-order chi connectivity index (χ0) is 13.9. The van der Waals surface area contributed by atoms with Crippen LogP contribution in [0.4, 0.5) is 11.4 Å². The summed E-state index contributed by atoms with van der Waals surface area (Å²) in [6, 6.07) is 8.61. The van der Waals surface area contributed by atoms with Crippen molar-refractivity contribution < 1.29 is 4.79 Å². The molecule has 0 aliphatic rings. The van der Waals surface area contributed by atoms with Crippen molar-refractivity contribution in [3.05, 3.63) is 54.6 Å². The lowest BCUT2D eigenvalue weighted by Crippen LogP contribution is -2.15. The van der Waals surface area contributed by atoms with Gasteiger partial charge in [0.1, 0.15) is 0 Å². The fourth-order valence-electron chi connectivity index (χ4n) is 1.84. The number of rotatable bonds is 2. The summed E-state index contributed by atoms with van der Waals surface area (Å²) in [7, 11) is 0. The first-order valence-corrected chi connectivity index (χ1v) is 5.96. The van der Waals surface area contributed by atoms with Crippen molar-refractivity contribution in [2.45, 2.75) is 0 Å². The minimum Gasteiger partial charge on any atom is -0.397 e. The van der Waals surface area contributed by atoms with Gasteiger partial charge in [0.15, 0.2) is 5.69 Å². The number of nitrogen functional groups attached to an aromatic ring is 1. The molecule has 0 saturated heterocycles. The van der Waals surface area contributed by atoms with Gasteiger partial charge in [-0.05, 0) is 30.3 Å². The maximum absolute atomic E-state index is 12.1. The van der Waals surface area contributed by atoms with Crippen LogP contribution in [0, 0.1) is 0 Å². The number of carbonyl (C=O) groups is 1. The molecule has 3 aromatic rings. The molecule has 3 rings (SSSR count). The zero-order valence-corrected chi connectivity index (χ0v) is 10.4. The van der Waals surface area contributed by atoms with E-state index in [0.717, 1.165) is 5.52 Å². The van der Waals surface area contributed by atoms with Crippen LogP contribution in [0.25, 0.3) is 11.0 Å². The van der Waals surface area contributed by atoms with E-state index in [1.165, 1.54) is 6.20 Å². The first-order valence-electron chi connectivity index (χ1n) is 5.96. The Kier molecular flexibility index (Phi) is 2.96. The number of amides is 1. The van der Waals surface area contributed by atoms with Crippen molar-refractivity contribution >= 4 is 28.3 Å². The van der Waals surface area contributed by atoms with E-state index in [1.54, 1.807) is 42.7 Å². The number of hydrogen-bond acceptors (Lipinski definition) is 5. The second-order valence-corrected chi connectivity index (χ2v) is 4.16. The van der Waals surface area contributed by atoms with E-state index in [0.29, 0.717) is 16.9 Å². The number of carbonyl (C=O) groups excluding carboxylic acids is 1. The molecule has 6 heteroatoms. The predicted octanol–water partition coefficient (Wildman–Crippen LogP) is 1.86. The highest BCUT2D eigenvalue weighted by Crippen LogP contribution is 2.16. The normalized spacial score (nSPS) is 10.4. The number of nitrogens with two attached hydrogens (primary N) is 1. The fourth-order valence-corrected chi connectivity index (χ4v) is 1.84. The molecular weight excluding hydrogens is 254 g/mol. The van der Waals surface area contributed by atoms with Crippen LogP contribution in [0.1, 0.15) is 10.5 Å². The maximum atomic E-state index is 12.1. The Morgan fingerprint density at radius 3 is 2.60 bits per heavy atom. The van der Waals surface area contributed by atoms with Crippen LogP contribution in [0.3, 0.4) is 0 Å². The third-order valence-electron chi connectivity index (χ3n) is 2.78. The molecule has 6 nitrogen and oxygen atoms in total. The summed E-state index contributed by atoms with van der Waals surface area (Å²) >= 11 is 0. The summed E-state index contributed by atoms with van der Waals surface area (Å²) in [5, 5.41) is 2.74. The Bertz CT molecular complexity index is 787. The van der Waals surface area contributed by atoms with Gasteiger partial charge in [0.2, 0.25) is 0 Å². The zero-order valence-electron chi connectivity index (χ0n) is 10.4. The van der Waals surface area contributed by atoms with Crippen molar-refractivity contribution in [3.63, 3.8) is 0 Å². The van der Waals surface area contributed by atoms with E-state index < -0.39 is 0 Å². The summed E-state index contributed by atoms with van der Waals surface area (Å²) < 4.78 is 0. The molecule has 1 aromatic carbocycles. The monoisotopic (exact) mass is 265 g/mol. The van der Waals surface area contributed by atoms with Crippen LogP contribution < -0.4 is 11.1 Å². The highest BCUT2D eigenvalue weighted by Gasteiger charge is 2.11. The topological polar surface area (TPSA) is 93.8 Å². The molecule has 0 radical (unpaired) electrons. The Morgan fingerprint density at radius 1 is 1.00 bits per heavy atom. The summed E-state index contributed by atoms with van der Waals surface area (Å²) in [5.41, 5.74) is 8.35. The van der Waals surface area contributed by atoms with Crippen molar-refractivity contribution in [1.82, 2.24) is 15.0 Å². The van der Waals surface area contributed by atoms with Crippen molar-refractivity contribution in [3.8, 4) is 0 Å². The van der Waals surface area contributed by atoms with Crippen LogP contribution in [-0.2, 0) is 0 Å². The van der Waals surface area contributed by atoms with E-state index in [1.807, 2.05) is 0 Å². The van der Waals surface area contributed by atoms with E-state index >= 15 is 0 Å². The molecule has 2 heterocycles. The highest BCUT2D eigenvalue weighted by atomic mass is 16.1. The average Bonchev–Trinajstić information content (AvgIpc) is 2.47. The molecule has 0 fully saturated rings. The number of nitrogens with one attached hydrogen (secondary N) is 1. The first kappa shape index (κ1) is 12.0. The van der Waals surface area contributed by atoms with E-state index in [4.69, 9.17) is 5.73 Å². The molecular formula is C14H11N5O. The second-order valence-electron chi connectivity index (χ2n) is 4.16. The number of aromatic nitrogens is 3. The summed E-state index contributed by atoms with van der Waals surface area (Å²) in [6.07, 6.45) is 4.75. The Balaban J connectivity index is 1.89. The highest BCUT2D eigenvalue weighted by molar-refractivity contribution is 6.06. The van der Waals surface area contributed by atoms with Crippen LogP contribution in [-0.4, -0.2) is 20.9 Å². The van der Waals surface area contributed by atoms with Gasteiger partial charge in [-0.15, -0.1) is 0 Å². The second kappa shape index (κ2) is 4.93. The minimum atomic E-state index is -0.355. The molecule has 3 N–H and O–H groups in total. The number of fused-ring (bicyclic) bond motifs is 1. The van der Waals surface area contributed by atoms with Crippen LogP contribution in [0.5, 0.6) is 0 Å². The smallest absolute Gasteiger partial charge is 0.276 e. The van der Waals surface area contributed by atoms with E-state index in [-0.39, 0.29) is 11.6 Å². The lowest BCUT2D eigenvalue weighted by atomic mass is 10.2. The third-order valence-corrected chi connectivity index (χ3v) is 2.78. The number of benzene rings is 1. The van der Waals surface area contributed by atoms with Gasteiger partial charge in [0, 0.05) is 24.3 Å². The lowest BCUT2D eigenvalue weighted by molar-refractivity contribution is 0.102. The SMILES string of the molecule is Nc1cccnc1C(=O)Nc1ccc2nccnc2c1. The lowest BCUT2D eigenvalue weighted by Gasteiger charge is -2.07. The van der Waals surface area contributed by atoms with Gasteiger partial charge in [-0.1, -0.05) is 0 Å². The third kappa shape index (κ3) is 2.26. The number of nitrogens with zero attached hydrogens (tertiary/aromatic N) is 3. The summed E-state index contributed by atoms with van der Waals surface area (Å²) in [4.78, 5) is 24.4. The standard InChI is InChI=1S/C14H11N5O/c15-10-2-1-5-18-13(10)14(20)19-9-3-4-11-12(8-9)17-7-6-16-11/h1-8H,15H2,(H,19,20). The number of hydrogen-bond donors (Lipinski definition) is 2. The van der Waals surface area contributed by atoms with Crippen LogP contribution in [0.2, 0.25) is 0 Å². The molecule has 1 amide bonds. The molecule has 98 valence electrons. The van der Waals surface area contributed by atoms with Gasteiger partial charge in [-0.2, -0.15) is 0 Å². The maximum Gasteiger partial charge on any atom is 0.276 e.